The summed E-state index contributed by atoms with van der Waals surface area (Å²) >= 11 is 0. The van der Waals surface area contributed by atoms with E-state index >= 15 is 0 Å². The predicted molar refractivity (Wildman–Crippen MR) is 68.5 cm³/mol. The number of aromatic nitrogens is 1. The largest absolute Gasteiger partial charge is 0.419 e. The average Bonchev–Trinajstić information content (AvgIpc) is 2.40. The minimum atomic E-state index is -4.73. The molecule has 106 valence electrons. The van der Waals surface area contributed by atoms with Gasteiger partial charge in [0.05, 0.1) is 5.56 Å². The van der Waals surface area contributed by atoms with Crippen molar-refractivity contribution >= 4 is 17.3 Å². The first-order chi connectivity index (χ1) is 9.40. The topological polar surface area (TPSA) is 37.0 Å². The van der Waals surface area contributed by atoms with Gasteiger partial charge in [-0.05, 0) is 30.3 Å². The first-order valence-electron chi connectivity index (χ1n) is 5.69. The highest BCUT2D eigenvalue weighted by atomic mass is 19.4. The van der Waals surface area contributed by atoms with Gasteiger partial charge in [0.15, 0.2) is 0 Å². The lowest BCUT2D eigenvalue weighted by molar-refractivity contribution is -0.139. The van der Waals surface area contributed by atoms with Gasteiger partial charge < -0.3 is 10.6 Å². The van der Waals surface area contributed by atoms with Gasteiger partial charge in [0.2, 0.25) is 0 Å². The molecule has 0 spiro atoms. The lowest BCUT2D eigenvalue weighted by Crippen LogP contribution is -2.08. The summed E-state index contributed by atoms with van der Waals surface area (Å²) in [6, 6.07) is 7.69. The van der Waals surface area contributed by atoms with Crippen molar-refractivity contribution in [3.63, 3.8) is 0 Å². The van der Waals surface area contributed by atoms with E-state index in [0.29, 0.717) is 17.7 Å². The number of hydrogen-bond donors (Lipinski definition) is 2. The summed E-state index contributed by atoms with van der Waals surface area (Å²) in [5, 5.41) is 5.51. The Morgan fingerprint density at radius 2 is 1.75 bits per heavy atom. The highest BCUT2D eigenvalue weighted by Gasteiger charge is 2.34. The summed E-state index contributed by atoms with van der Waals surface area (Å²) in [5.41, 5.74) is -1.20. The van der Waals surface area contributed by atoms with Gasteiger partial charge in [-0.3, -0.25) is 0 Å². The van der Waals surface area contributed by atoms with E-state index in [1.807, 2.05) is 0 Å². The Morgan fingerprint density at radius 3 is 2.40 bits per heavy atom. The van der Waals surface area contributed by atoms with Crippen LogP contribution < -0.4 is 10.6 Å². The zero-order valence-corrected chi connectivity index (χ0v) is 10.4. The number of rotatable bonds is 3. The van der Waals surface area contributed by atoms with Gasteiger partial charge in [0.1, 0.15) is 17.5 Å². The molecule has 0 unspecified atom stereocenters. The first kappa shape index (κ1) is 14.1. The van der Waals surface area contributed by atoms with Crippen LogP contribution in [0.15, 0.2) is 36.4 Å². The molecule has 0 saturated carbocycles. The molecule has 2 N–H and O–H groups in total. The van der Waals surface area contributed by atoms with Crippen LogP contribution in [0.4, 0.5) is 34.9 Å². The first-order valence-corrected chi connectivity index (χ1v) is 5.69. The molecule has 2 aromatic rings. The molecule has 0 aliphatic heterocycles. The van der Waals surface area contributed by atoms with Crippen molar-refractivity contribution in [1.29, 1.82) is 0 Å². The van der Waals surface area contributed by atoms with Gasteiger partial charge in [0.25, 0.3) is 0 Å². The number of halogens is 4. The van der Waals surface area contributed by atoms with Crippen molar-refractivity contribution in [3.05, 3.63) is 47.8 Å². The molecule has 0 aliphatic rings. The van der Waals surface area contributed by atoms with E-state index in [-0.39, 0.29) is 5.69 Å². The third-order valence-corrected chi connectivity index (χ3v) is 2.55. The van der Waals surface area contributed by atoms with Crippen molar-refractivity contribution < 1.29 is 17.6 Å². The number of nitrogens with one attached hydrogen (secondary N) is 2. The normalized spacial score (nSPS) is 11.2. The highest BCUT2D eigenvalue weighted by Crippen LogP contribution is 2.33. The van der Waals surface area contributed by atoms with E-state index in [0.717, 1.165) is 6.07 Å². The molecule has 0 amide bonds. The number of nitrogens with zero attached hydrogens (tertiary/aromatic N) is 1. The molecule has 1 heterocycles. The van der Waals surface area contributed by atoms with E-state index in [9.17, 15) is 17.6 Å². The minimum absolute atomic E-state index is 0.111. The standard InChI is InChI=1S/C13H11F4N3/c1-18-11-3-2-4-12(20-11)19-8-5-6-10(14)9(7-8)13(15,16)17/h2-7H,1H3,(H2,18,19,20). The molecule has 0 atom stereocenters. The second kappa shape index (κ2) is 5.36. The molecule has 0 fully saturated rings. The van der Waals surface area contributed by atoms with Crippen LogP contribution in [-0.2, 0) is 6.18 Å². The number of pyridine rings is 1. The molecular formula is C13H11F4N3. The molecular weight excluding hydrogens is 274 g/mol. The van der Waals surface area contributed by atoms with Gasteiger partial charge in [-0.2, -0.15) is 13.2 Å². The molecule has 0 bridgehead atoms. The summed E-state index contributed by atoms with van der Waals surface area (Å²) in [6.07, 6.45) is -4.73. The fourth-order valence-electron chi connectivity index (χ4n) is 1.61. The Labute approximate surface area is 112 Å². The lowest BCUT2D eigenvalue weighted by Gasteiger charge is -2.11. The Hall–Kier alpha value is -2.31. The van der Waals surface area contributed by atoms with Gasteiger partial charge in [-0.25, -0.2) is 9.37 Å². The van der Waals surface area contributed by atoms with E-state index < -0.39 is 17.6 Å². The van der Waals surface area contributed by atoms with Crippen LogP contribution in [0.2, 0.25) is 0 Å². The van der Waals surface area contributed by atoms with Crippen LogP contribution in [0.5, 0.6) is 0 Å². The second-order valence-corrected chi connectivity index (χ2v) is 3.98. The zero-order chi connectivity index (χ0) is 14.8. The van der Waals surface area contributed by atoms with Crippen LogP contribution in [0.1, 0.15) is 5.56 Å². The van der Waals surface area contributed by atoms with Crippen LogP contribution in [-0.4, -0.2) is 12.0 Å². The van der Waals surface area contributed by atoms with Gasteiger partial charge in [0, 0.05) is 12.7 Å². The molecule has 3 nitrogen and oxygen atoms in total. The maximum atomic E-state index is 13.1. The highest BCUT2D eigenvalue weighted by molar-refractivity contribution is 5.59. The molecule has 0 aliphatic carbocycles. The molecule has 2 rings (SSSR count). The van der Waals surface area contributed by atoms with Gasteiger partial charge in [-0.15, -0.1) is 0 Å². The fraction of sp³-hybridized carbons (Fsp3) is 0.154. The predicted octanol–water partition coefficient (Wildman–Crippen LogP) is 4.02. The minimum Gasteiger partial charge on any atom is -0.373 e. The Bertz CT molecular complexity index is 611. The van der Waals surface area contributed by atoms with Crippen molar-refractivity contribution in [3.8, 4) is 0 Å². The zero-order valence-electron chi connectivity index (χ0n) is 10.4. The quantitative estimate of drug-likeness (QED) is 0.836. The summed E-state index contributed by atoms with van der Waals surface area (Å²) in [7, 11) is 1.67. The lowest BCUT2D eigenvalue weighted by atomic mass is 10.2. The molecule has 1 aromatic heterocycles. The number of alkyl halides is 3. The van der Waals surface area contributed by atoms with Crippen LogP contribution >= 0.6 is 0 Å². The third-order valence-electron chi connectivity index (χ3n) is 2.55. The Kier molecular flexibility index (Phi) is 3.78. The molecule has 0 saturated heterocycles. The van der Waals surface area contributed by atoms with E-state index in [1.165, 1.54) is 6.07 Å². The second-order valence-electron chi connectivity index (χ2n) is 3.98. The van der Waals surface area contributed by atoms with E-state index in [1.54, 1.807) is 25.2 Å². The maximum Gasteiger partial charge on any atom is 0.419 e. The van der Waals surface area contributed by atoms with Crippen LogP contribution in [0, 0.1) is 5.82 Å². The average molecular weight is 285 g/mol. The van der Waals surface area contributed by atoms with Gasteiger partial charge in [-0.1, -0.05) is 6.07 Å². The van der Waals surface area contributed by atoms with Crippen molar-refractivity contribution in [1.82, 2.24) is 4.98 Å². The third kappa shape index (κ3) is 3.17. The fourth-order valence-corrected chi connectivity index (χ4v) is 1.61. The SMILES string of the molecule is CNc1cccc(Nc2ccc(F)c(C(F)(F)F)c2)n1. The smallest absolute Gasteiger partial charge is 0.373 e. The Morgan fingerprint density at radius 1 is 1.05 bits per heavy atom. The van der Waals surface area contributed by atoms with E-state index in [4.69, 9.17) is 0 Å². The number of benzene rings is 1. The molecule has 0 radical (unpaired) electrons. The van der Waals surface area contributed by atoms with Crippen molar-refractivity contribution in [2.45, 2.75) is 6.18 Å². The maximum absolute atomic E-state index is 13.1. The van der Waals surface area contributed by atoms with Gasteiger partial charge >= 0.3 is 6.18 Å². The number of anilines is 3. The number of hydrogen-bond acceptors (Lipinski definition) is 3. The molecule has 7 heteroatoms. The molecule has 20 heavy (non-hydrogen) atoms. The van der Waals surface area contributed by atoms with Crippen molar-refractivity contribution in [2.75, 3.05) is 17.7 Å². The molecule has 1 aromatic carbocycles. The monoisotopic (exact) mass is 285 g/mol. The Balaban J connectivity index is 2.30. The van der Waals surface area contributed by atoms with Crippen LogP contribution in [0.25, 0.3) is 0 Å². The van der Waals surface area contributed by atoms with E-state index in [2.05, 4.69) is 15.6 Å². The summed E-state index contributed by atoms with van der Waals surface area (Å²) in [6.45, 7) is 0. The summed E-state index contributed by atoms with van der Waals surface area (Å²) in [4.78, 5) is 4.10. The summed E-state index contributed by atoms with van der Waals surface area (Å²) < 4.78 is 50.9. The van der Waals surface area contributed by atoms with Crippen LogP contribution in [0.3, 0.4) is 0 Å². The van der Waals surface area contributed by atoms with Crippen molar-refractivity contribution in [2.24, 2.45) is 0 Å². The summed E-state index contributed by atoms with van der Waals surface area (Å²) in [5.74, 6) is -0.385.